The molecule has 0 fully saturated rings. The number of rotatable bonds is 4. The van der Waals surface area contributed by atoms with Gasteiger partial charge in [-0.2, -0.15) is 0 Å². The summed E-state index contributed by atoms with van der Waals surface area (Å²) in [6.07, 6.45) is -0.477. The predicted molar refractivity (Wildman–Crippen MR) is 42.9 cm³/mol. The largest absolute Gasteiger partial charge is 1.00 e. The van der Waals surface area contributed by atoms with E-state index >= 15 is 0 Å². The fraction of sp³-hybridized carbons (Fsp3) is 0.857. The van der Waals surface area contributed by atoms with Crippen molar-refractivity contribution in [1.29, 1.82) is 0 Å². The Hall–Kier alpha value is -0.320. The third kappa shape index (κ3) is 6.39. The minimum Gasteiger partial charge on any atom is -1.00 e. The van der Waals surface area contributed by atoms with Gasteiger partial charge in [0.2, 0.25) is 0 Å². The summed E-state index contributed by atoms with van der Waals surface area (Å²) < 4.78 is 5.57. The SMILES string of the molecule is COC(C[N+](C)(C)C)C(N)=O.[Cl-]. The van der Waals surface area contributed by atoms with Crippen LogP contribution in [0.15, 0.2) is 0 Å². The van der Waals surface area contributed by atoms with Crippen LogP contribution in [0.1, 0.15) is 0 Å². The number of carbonyl (C=O) groups excluding carboxylic acids is 1. The van der Waals surface area contributed by atoms with Gasteiger partial charge in [0.05, 0.1) is 21.1 Å². The molecule has 0 saturated heterocycles. The molecule has 1 atom stereocenters. The van der Waals surface area contributed by atoms with Gasteiger partial charge in [-0.3, -0.25) is 4.79 Å². The van der Waals surface area contributed by atoms with E-state index in [1.165, 1.54) is 7.11 Å². The van der Waals surface area contributed by atoms with Crippen molar-refractivity contribution in [3.8, 4) is 0 Å². The Balaban J connectivity index is 0. The first-order valence-corrected chi connectivity index (χ1v) is 3.49. The number of quaternary nitrogens is 1. The molecule has 0 radical (unpaired) electrons. The molecule has 0 bridgehead atoms. The zero-order chi connectivity index (χ0) is 9.07. The molecule has 0 aliphatic heterocycles. The normalized spacial score (nSPS) is 13.3. The highest BCUT2D eigenvalue weighted by Gasteiger charge is 2.22. The van der Waals surface area contributed by atoms with Gasteiger partial charge in [0.1, 0.15) is 6.54 Å². The van der Waals surface area contributed by atoms with Gasteiger partial charge in [-0.15, -0.1) is 0 Å². The first kappa shape index (κ1) is 14.2. The van der Waals surface area contributed by atoms with E-state index in [-0.39, 0.29) is 12.4 Å². The van der Waals surface area contributed by atoms with Crippen molar-refractivity contribution in [1.82, 2.24) is 0 Å². The van der Waals surface area contributed by atoms with E-state index < -0.39 is 12.0 Å². The summed E-state index contributed by atoms with van der Waals surface area (Å²) in [6, 6.07) is 0. The van der Waals surface area contributed by atoms with Gasteiger partial charge < -0.3 is 27.4 Å². The Morgan fingerprint density at radius 3 is 2.00 bits per heavy atom. The summed E-state index contributed by atoms with van der Waals surface area (Å²) in [5.41, 5.74) is 5.08. The van der Waals surface area contributed by atoms with Crippen LogP contribution in [0.2, 0.25) is 0 Å². The van der Waals surface area contributed by atoms with Crippen LogP contribution in [-0.2, 0) is 9.53 Å². The minimum absolute atomic E-state index is 0. The van der Waals surface area contributed by atoms with Crippen molar-refractivity contribution in [3.05, 3.63) is 0 Å². The molecule has 0 aromatic carbocycles. The highest BCUT2D eigenvalue weighted by molar-refractivity contribution is 5.78. The Bertz CT molecular complexity index is 145. The Morgan fingerprint density at radius 2 is 1.92 bits per heavy atom. The number of likely N-dealkylation sites (N-methyl/N-ethyl adjacent to an activating group) is 1. The highest BCUT2D eigenvalue weighted by Crippen LogP contribution is 1.97. The highest BCUT2D eigenvalue weighted by atomic mass is 35.5. The van der Waals surface area contributed by atoms with Crippen molar-refractivity contribution in [2.24, 2.45) is 5.73 Å². The van der Waals surface area contributed by atoms with E-state index in [1.54, 1.807) is 0 Å². The fourth-order valence-corrected chi connectivity index (χ4v) is 0.778. The maximum Gasteiger partial charge on any atom is 0.252 e. The van der Waals surface area contributed by atoms with Crippen LogP contribution < -0.4 is 18.1 Å². The monoisotopic (exact) mass is 196 g/mol. The molecule has 0 aliphatic rings. The number of carbonyl (C=O) groups is 1. The molecule has 4 nitrogen and oxygen atoms in total. The van der Waals surface area contributed by atoms with Crippen LogP contribution >= 0.6 is 0 Å². The van der Waals surface area contributed by atoms with E-state index in [1.807, 2.05) is 21.1 Å². The van der Waals surface area contributed by atoms with Crippen molar-refractivity contribution in [2.45, 2.75) is 6.10 Å². The Kier molecular flexibility index (Phi) is 6.34. The fourth-order valence-electron chi connectivity index (χ4n) is 0.778. The van der Waals surface area contributed by atoms with Gasteiger partial charge in [0.25, 0.3) is 5.91 Å². The molecule has 74 valence electrons. The average Bonchev–Trinajstić information content (AvgIpc) is 1.80. The zero-order valence-electron chi connectivity index (χ0n) is 8.00. The van der Waals surface area contributed by atoms with E-state index in [4.69, 9.17) is 10.5 Å². The lowest BCUT2D eigenvalue weighted by Gasteiger charge is -2.26. The van der Waals surface area contributed by atoms with Gasteiger partial charge in [-0.25, -0.2) is 0 Å². The maximum atomic E-state index is 10.7. The van der Waals surface area contributed by atoms with Gasteiger partial charge in [-0.1, -0.05) is 0 Å². The van der Waals surface area contributed by atoms with Crippen LogP contribution in [0, 0.1) is 0 Å². The molecule has 1 unspecified atom stereocenters. The molecule has 2 N–H and O–H groups in total. The summed E-state index contributed by atoms with van der Waals surface area (Å²) in [7, 11) is 7.43. The molecule has 0 saturated carbocycles. The molecule has 0 heterocycles. The average molecular weight is 197 g/mol. The number of nitrogens with two attached hydrogens (primary N) is 1. The standard InChI is InChI=1S/C7H16N2O2.ClH/c1-9(2,3)5-6(11-4)7(8)10;/h6H,5H2,1-4H3,(H-,8,10);1H. The summed E-state index contributed by atoms with van der Waals surface area (Å²) in [4.78, 5) is 10.7. The number of nitrogens with zero attached hydrogens (tertiary/aromatic N) is 1. The van der Waals surface area contributed by atoms with Crippen molar-refractivity contribution < 1.29 is 26.4 Å². The smallest absolute Gasteiger partial charge is 0.252 e. The lowest BCUT2D eigenvalue weighted by Crippen LogP contribution is -3.00. The van der Waals surface area contributed by atoms with Gasteiger partial charge in [-0.05, 0) is 0 Å². The Labute approximate surface area is 79.7 Å². The molecule has 0 aromatic rings. The quantitative estimate of drug-likeness (QED) is 0.469. The van der Waals surface area contributed by atoms with Crippen molar-refractivity contribution >= 4 is 5.91 Å². The summed E-state index contributed by atoms with van der Waals surface area (Å²) in [5, 5.41) is 0. The Morgan fingerprint density at radius 1 is 1.50 bits per heavy atom. The van der Waals surface area contributed by atoms with E-state index in [2.05, 4.69) is 0 Å². The molecule has 0 aliphatic carbocycles. The summed E-state index contributed by atoms with van der Waals surface area (Å²) in [5.74, 6) is -0.402. The first-order valence-electron chi connectivity index (χ1n) is 3.49. The number of halogens is 1. The molecule has 1 amide bonds. The summed E-state index contributed by atoms with van der Waals surface area (Å²) in [6.45, 7) is 0.603. The van der Waals surface area contributed by atoms with Crippen LogP contribution in [0.25, 0.3) is 0 Å². The minimum atomic E-state index is -0.477. The summed E-state index contributed by atoms with van der Waals surface area (Å²) >= 11 is 0. The predicted octanol–water partition coefficient (Wildman–Crippen LogP) is -3.80. The van der Waals surface area contributed by atoms with E-state index in [9.17, 15) is 4.79 Å². The molecule has 0 rings (SSSR count). The molecule has 5 heteroatoms. The topological polar surface area (TPSA) is 52.3 Å². The number of hydrogen-bond acceptors (Lipinski definition) is 2. The molecular weight excluding hydrogens is 180 g/mol. The lowest BCUT2D eigenvalue weighted by molar-refractivity contribution is -0.872. The maximum absolute atomic E-state index is 10.7. The second-order valence-electron chi connectivity index (χ2n) is 3.60. The number of hydrogen-bond donors (Lipinski definition) is 1. The molecule has 0 spiro atoms. The van der Waals surface area contributed by atoms with Crippen LogP contribution in [0.3, 0.4) is 0 Å². The second-order valence-corrected chi connectivity index (χ2v) is 3.60. The third-order valence-electron chi connectivity index (χ3n) is 1.32. The van der Waals surface area contributed by atoms with E-state index in [0.717, 1.165) is 0 Å². The lowest BCUT2D eigenvalue weighted by atomic mass is 10.3. The van der Waals surface area contributed by atoms with Gasteiger partial charge in [0.15, 0.2) is 6.10 Å². The van der Waals surface area contributed by atoms with Crippen molar-refractivity contribution in [2.75, 3.05) is 34.8 Å². The van der Waals surface area contributed by atoms with Crippen LogP contribution in [0.5, 0.6) is 0 Å². The number of amides is 1. The third-order valence-corrected chi connectivity index (χ3v) is 1.32. The van der Waals surface area contributed by atoms with Crippen molar-refractivity contribution in [3.63, 3.8) is 0 Å². The molecule has 12 heavy (non-hydrogen) atoms. The number of ether oxygens (including phenoxy) is 1. The zero-order valence-corrected chi connectivity index (χ0v) is 8.76. The first-order chi connectivity index (χ1) is 4.87. The van der Waals surface area contributed by atoms with Crippen LogP contribution in [0.4, 0.5) is 0 Å². The van der Waals surface area contributed by atoms with Gasteiger partial charge in [0, 0.05) is 7.11 Å². The molecular formula is C7H17ClN2O2. The molecule has 0 aromatic heterocycles. The van der Waals surface area contributed by atoms with Crippen LogP contribution in [-0.4, -0.2) is 51.3 Å². The number of primary amides is 1. The van der Waals surface area contributed by atoms with E-state index in [0.29, 0.717) is 11.0 Å². The second kappa shape index (κ2) is 5.35. The van der Waals surface area contributed by atoms with Gasteiger partial charge >= 0.3 is 0 Å². The number of methoxy groups -OCH3 is 1.